The SMILES string of the molecule is Cc1ccccc1Cn1ccnc1CN(CC1CC1)C(=O)c1ccccc1F. The molecule has 1 fully saturated rings. The van der Waals surface area contributed by atoms with Crippen LogP contribution in [0.3, 0.4) is 0 Å². The minimum atomic E-state index is -0.475. The van der Waals surface area contributed by atoms with Crippen molar-refractivity contribution >= 4 is 5.91 Å². The van der Waals surface area contributed by atoms with Crippen molar-refractivity contribution in [1.29, 1.82) is 0 Å². The lowest BCUT2D eigenvalue weighted by atomic mass is 10.1. The Labute approximate surface area is 164 Å². The van der Waals surface area contributed by atoms with Gasteiger partial charge in [-0.1, -0.05) is 36.4 Å². The third-order valence-corrected chi connectivity index (χ3v) is 5.30. The molecule has 0 radical (unpaired) electrons. The molecule has 3 aromatic rings. The smallest absolute Gasteiger partial charge is 0.257 e. The largest absolute Gasteiger partial charge is 0.331 e. The number of imidazole rings is 1. The van der Waals surface area contributed by atoms with Crippen LogP contribution in [-0.4, -0.2) is 26.9 Å². The maximum atomic E-state index is 14.2. The van der Waals surface area contributed by atoms with Crippen LogP contribution in [0.4, 0.5) is 4.39 Å². The first-order chi connectivity index (χ1) is 13.6. The van der Waals surface area contributed by atoms with Gasteiger partial charge < -0.3 is 9.47 Å². The summed E-state index contributed by atoms with van der Waals surface area (Å²) in [6.45, 7) is 3.81. The quantitative estimate of drug-likeness (QED) is 0.611. The minimum Gasteiger partial charge on any atom is -0.331 e. The minimum absolute atomic E-state index is 0.125. The van der Waals surface area contributed by atoms with E-state index in [1.807, 2.05) is 18.3 Å². The van der Waals surface area contributed by atoms with E-state index in [1.165, 1.54) is 17.2 Å². The second-order valence-corrected chi connectivity index (χ2v) is 7.51. The number of aromatic nitrogens is 2. The number of benzene rings is 2. The van der Waals surface area contributed by atoms with Gasteiger partial charge in [0.1, 0.15) is 11.6 Å². The first-order valence-corrected chi connectivity index (χ1v) is 9.70. The molecule has 5 heteroatoms. The molecular weight excluding hydrogens is 353 g/mol. The first kappa shape index (κ1) is 18.4. The van der Waals surface area contributed by atoms with E-state index in [-0.39, 0.29) is 11.5 Å². The van der Waals surface area contributed by atoms with Crippen LogP contribution in [0, 0.1) is 18.7 Å². The maximum absolute atomic E-state index is 14.2. The molecule has 0 bridgehead atoms. The molecule has 0 atom stereocenters. The van der Waals surface area contributed by atoms with Crippen molar-refractivity contribution in [3.8, 4) is 0 Å². The van der Waals surface area contributed by atoms with Gasteiger partial charge in [0.15, 0.2) is 0 Å². The van der Waals surface area contributed by atoms with Crippen LogP contribution >= 0.6 is 0 Å². The van der Waals surface area contributed by atoms with Crippen molar-refractivity contribution < 1.29 is 9.18 Å². The average molecular weight is 377 g/mol. The van der Waals surface area contributed by atoms with Gasteiger partial charge in [0.25, 0.3) is 5.91 Å². The zero-order valence-electron chi connectivity index (χ0n) is 16.0. The van der Waals surface area contributed by atoms with E-state index in [0.29, 0.717) is 25.6 Å². The van der Waals surface area contributed by atoms with Crippen molar-refractivity contribution in [3.63, 3.8) is 0 Å². The molecule has 1 amide bonds. The Morgan fingerprint density at radius 1 is 1.18 bits per heavy atom. The van der Waals surface area contributed by atoms with Crippen molar-refractivity contribution in [2.24, 2.45) is 5.92 Å². The summed E-state index contributed by atoms with van der Waals surface area (Å²) in [7, 11) is 0. The highest BCUT2D eigenvalue weighted by Gasteiger charge is 2.29. The van der Waals surface area contributed by atoms with Crippen molar-refractivity contribution in [3.05, 3.63) is 89.3 Å². The summed E-state index contributed by atoms with van der Waals surface area (Å²) in [5.74, 6) is 0.580. The molecule has 1 aromatic heterocycles. The molecule has 1 aliphatic rings. The third kappa shape index (κ3) is 4.14. The van der Waals surface area contributed by atoms with E-state index in [2.05, 4.69) is 28.6 Å². The number of carbonyl (C=O) groups is 1. The van der Waals surface area contributed by atoms with E-state index in [9.17, 15) is 9.18 Å². The van der Waals surface area contributed by atoms with E-state index in [4.69, 9.17) is 0 Å². The van der Waals surface area contributed by atoms with Gasteiger partial charge in [-0.3, -0.25) is 4.79 Å². The molecule has 0 unspecified atom stereocenters. The van der Waals surface area contributed by atoms with E-state index in [0.717, 1.165) is 18.7 Å². The van der Waals surface area contributed by atoms with E-state index in [1.54, 1.807) is 29.3 Å². The summed E-state index contributed by atoms with van der Waals surface area (Å²) < 4.78 is 16.2. The Balaban J connectivity index is 1.56. The summed E-state index contributed by atoms with van der Waals surface area (Å²) in [6, 6.07) is 14.4. The highest BCUT2D eigenvalue weighted by atomic mass is 19.1. The Bertz CT molecular complexity index is 977. The molecule has 4 rings (SSSR count). The molecule has 144 valence electrons. The van der Waals surface area contributed by atoms with Gasteiger partial charge in [-0.05, 0) is 48.9 Å². The average Bonchev–Trinajstić information content (AvgIpc) is 3.41. The molecule has 0 saturated heterocycles. The van der Waals surface area contributed by atoms with Gasteiger partial charge in [-0.25, -0.2) is 9.37 Å². The Kier molecular flexibility index (Phi) is 5.24. The van der Waals surface area contributed by atoms with Crippen LogP contribution in [0.25, 0.3) is 0 Å². The van der Waals surface area contributed by atoms with Gasteiger partial charge in [0.2, 0.25) is 0 Å². The van der Waals surface area contributed by atoms with Gasteiger partial charge in [0, 0.05) is 25.5 Å². The summed E-state index contributed by atoms with van der Waals surface area (Å²) in [5.41, 5.74) is 2.57. The molecular formula is C23H24FN3O. The number of carbonyl (C=O) groups excluding carboxylic acids is 1. The lowest BCUT2D eigenvalue weighted by Gasteiger charge is -2.23. The number of rotatable bonds is 7. The Morgan fingerprint density at radius 3 is 2.68 bits per heavy atom. The Morgan fingerprint density at radius 2 is 1.93 bits per heavy atom. The number of nitrogens with zero attached hydrogens (tertiary/aromatic N) is 3. The van der Waals surface area contributed by atoms with E-state index < -0.39 is 5.82 Å². The second kappa shape index (κ2) is 7.97. The number of hydrogen-bond donors (Lipinski definition) is 0. The molecule has 4 nitrogen and oxygen atoms in total. The zero-order chi connectivity index (χ0) is 19.5. The van der Waals surface area contributed by atoms with Crippen LogP contribution < -0.4 is 0 Å². The maximum Gasteiger partial charge on any atom is 0.257 e. The highest BCUT2D eigenvalue weighted by Crippen LogP contribution is 2.31. The molecule has 1 heterocycles. The summed E-state index contributed by atoms with van der Waals surface area (Å²) in [5, 5.41) is 0. The lowest BCUT2D eigenvalue weighted by Crippen LogP contribution is -2.34. The number of amides is 1. The van der Waals surface area contributed by atoms with Crippen LogP contribution in [-0.2, 0) is 13.1 Å². The normalized spacial score (nSPS) is 13.5. The number of halogens is 1. The molecule has 2 aromatic carbocycles. The summed E-state index contributed by atoms with van der Waals surface area (Å²) in [4.78, 5) is 19.3. The van der Waals surface area contributed by atoms with E-state index >= 15 is 0 Å². The predicted octanol–water partition coefficient (Wildman–Crippen LogP) is 4.43. The van der Waals surface area contributed by atoms with Crippen LogP contribution in [0.1, 0.15) is 40.2 Å². The summed E-state index contributed by atoms with van der Waals surface area (Å²) >= 11 is 0. The molecule has 1 saturated carbocycles. The standard InChI is InChI=1S/C23H24FN3O/c1-17-6-2-3-7-19(17)15-26-13-12-25-22(26)16-27(14-18-10-11-18)23(28)20-8-4-5-9-21(20)24/h2-9,12-13,18H,10-11,14-16H2,1H3. The lowest BCUT2D eigenvalue weighted by molar-refractivity contribution is 0.0724. The summed E-state index contributed by atoms with van der Waals surface area (Å²) in [6.07, 6.45) is 5.94. The monoisotopic (exact) mass is 377 g/mol. The zero-order valence-corrected chi connectivity index (χ0v) is 16.0. The van der Waals surface area contributed by atoms with Gasteiger partial charge >= 0.3 is 0 Å². The van der Waals surface area contributed by atoms with Gasteiger partial charge in [-0.2, -0.15) is 0 Å². The van der Waals surface area contributed by atoms with Crippen molar-refractivity contribution in [2.75, 3.05) is 6.54 Å². The molecule has 1 aliphatic carbocycles. The van der Waals surface area contributed by atoms with Crippen molar-refractivity contribution in [1.82, 2.24) is 14.5 Å². The van der Waals surface area contributed by atoms with Crippen molar-refractivity contribution in [2.45, 2.75) is 32.9 Å². The topological polar surface area (TPSA) is 38.1 Å². The number of aryl methyl sites for hydroxylation is 1. The Hall–Kier alpha value is -2.95. The predicted molar refractivity (Wildman–Crippen MR) is 106 cm³/mol. The molecule has 0 spiro atoms. The van der Waals surface area contributed by atoms with Crippen LogP contribution in [0.15, 0.2) is 60.9 Å². The fourth-order valence-corrected chi connectivity index (χ4v) is 3.41. The highest BCUT2D eigenvalue weighted by molar-refractivity contribution is 5.94. The third-order valence-electron chi connectivity index (χ3n) is 5.30. The first-order valence-electron chi connectivity index (χ1n) is 9.70. The fraction of sp³-hybridized carbons (Fsp3) is 0.304. The number of hydrogen-bond acceptors (Lipinski definition) is 2. The fourth-order valence-electron chi connectivity index (χ4n) is 3.41. The molecule has 28 heavy (non-hydrogen) atoms. The second-order valence-electron chi connectivity index (χ2n) is 7.51. The van der Waals surface area contributed by atoms with Crippen LogP contribution in [0.2, 0.25) is 0 Å². The van der Waals surface area contributed by atoms with Crippen LogP contribution in [0.5, 0.6) is 0 Å². The molecule has 0 N–H and O–H groups in total. The molecule has 0 aliphatic heterocycles. The van der Waals surface area contributed by atoms with Gasteiger partial charge in [0.05, 0.1) is 12.1 Å². The van der Waals surface area contributed by atoms with Gasteiger partial charge in [-0.15, -0.1) is 0 Å².